The summed E-state index contributed by atoms with van der Waals surface area (Å²) in [6, 6.07) is 17.6. The number of aromatic amines is 1. The number of carbonyl (C=O) groups excluding carboxylic acids is 2. The van der Waals surface area contributed by atoms with E-state index in [0.717, 1.165) is 23.6 Å². The molecule has 1 aliphatic rings. The number of H-pyrrole nitrogens is 1. The maximum atomic E-state index is 13.7. The van der Waals surface area contributed by atoms with E-state index < -0.39 is 33.8 Å². The second kappa shape index (κ2) is 11.0. The second-order valence-electron chi connectivity index (χ2n) is 10.9. The van der Waals surface area contributed by atoms with Gasteiger partial charge in [0.25, 0.3) is 5.91 Å². The van der Waals surface area contributed by atoms with Gasteiger partial charge in [-0.15, -0.1) is 0 Å². The van der Waals surface area contributed by atoms with Crippen LogP contribution < -0.4 is 14.9 Å². The summed E-state index contributed by atoms with van der Waals surface area (Å²) in [5, 5.41) is 7.54. The fourth-order valence-electron chi connectivity index (χ4n) is 5.82. The van der Waals surface area contributed by atoms with Crippen molar-refractivity contribution in [2.24, 2.45) is 0 Å². The lowest BCUT2D eigenvalue weighted by Crippen LogP contribution is -2.43. The molecule has 222 valence electrons. The third-order valence-electron chi connectivity index (χ3n) is 8.11. The van der Waals surface area contributed by atoms with Gasteiger partial charge in [-0.2, -0.15) is 0 Å². The van der Waals surface area contributed by atoms with Crippen molar-refractivity contribution in [2.45, 2.75) is 31.3 Å². The molecule has 9 nitrogen and oxygen atoms in total. The maximum Gasteiger partial charge on any atom is 0.255 e. The van der Waals surface area contributed by atoms with Crippen LogP contribution in [0.1, 0.15) is 51.7 Å². The van der Waals surface area contributed by atoms with Crippen molar-refractivity contribution in [1.29, 1.82) is 0 Å². The standard InChI is InChI=1S/C32H31FN4O5S/c1-34-32(39)29-22-16-21(24-9-6-10-25(36-24)30(38)26-15-19-7-4-5-8-23(19)35-26)27(37(2)43(3,40)41)17-28(22)42-31(29)18-11-13-20(33)14-12-18/h4-5,7-8,11-17,24-25,35-36H,6,9-10H2,1-3H3,(H,34,39)/t24-,25?/m0/s1. The number of fused-ring (bicyclic) bond motifs is 2. The maximum absolute atomic E-state index is 13.7. The molecular weight excluding hydrogens is 571 g/mol. The van der Waals surface area contributed by atoms with E-state index in [4.69, 9.17) is 4.42 Å². The fraction of sp³-hybridized carbons (Fsp3) is 0.250. The number of carbonyl (C=O) groups is 2. The zero-order chi connectivity index (χ0) is 30.5. The molecule has 3 N–H and O–H groups in total. The Balaban J connectivity index is 1.46. The predicted molar refractivity (Wildman–Crippen MR) is 164 cm³/mol. The lowest BCUT2D eigenvalue weighted by Gasteiger charge is -2.33. The molecule has 1 fully saturated rings. The number of sulfonamides is 1. The lowest BCUT2D eigenvalue weighted by molar-refractivity contribution is 0.0907. The molecule has 1 amide bonds. The SMILES string of the molecule is CNC(=O)c1c(-c2ccc(F)cc2)oc2cc(N(C)S(C)(=O)=O)c([C@@H]3CCCC(C(=O)c4cc5ccccc5[nH]4)N3)cc12. The topological polar surface area (TPSA) is 125 Å². The van der Waals surface area contributed by atoms with Crippen molar-refractivity contribution in [3.05, 3.63) is 89.4 Å². The highest BCUT2D eigenvalue weighted by molar-refractivity contribution is 7.92. The van der Waals surface area contributed by atoms with Gasteiger partial charge in [0.1, 0.15) is 17.2 Å². The number of nitrogens with one attached hydrogen (secondary N) is 3. The van der Waals surface area contributed by atoms with Crippen LogP contribution in [-0.2, 0) is 10.0 Å². The molecule has 2 atom stereocenters. The molecule has 3 heterocycles. The summed E-state index contributed by atoms with van der Waals surface area (Å²) >= 11 is 0. The van der Waals surface area contributed by atoms with Crippen molar-refractivity contribution in [3.8, 4) is 11.3 Å². The quantitative estimate of drug-likeness (QED) is 0.210. The first-order valence-electron chi connectivity index (χ1n) is 14.0. The van der Waals surface area contributed by atoms with E-state index in [9.17, 15) is 22.4 Å². The number of piperidine rings is 1. The van der Waals surface area contributed by atoms with E-state index in [2.05, 4.69) is 15.6 Å². The summed E-state index contributed by atoms with van der Waals surface area (Å²) in [7, 11) is -0.721. The van der Waals surface area contributed by atoms with Gasteiger partial charge in [0, 0.05) is 48.1 Å². The van der Waals surface area contributed by atoms with Crippen molar-refractivity contribution in [1.82, 2.24) is 15.6 Å². The molecule has 1 saturated heterocycles. The van der Waals surface area contributed by atoms with Gasteiger partial charge in [-0.05, 0) is 67.3 Å². The Morgan fingerprint density at radius 1 is 1.05 bits per heavy atom. The van der Waals surface area contributed by atoms with Crippen LogP contribution in [0.15, 0.2) is 71.1 Å². The number of rotatable bonds is 7. The number of furan rings is 1. The smallest absolute Gasteiger partial charge is 0.255 e. The van der Waals surface area contributed by atoms with Gasteiger partial charge < -0.3 is 20.0 Å². The number of amides is 1. The minimum atomic E-state index is -3.68. The van der Waals surface area contributed by atoms with Crippen LogP contribution in [0.3, 0.4) is 0 Å². The Kier molecular flexibility index (Phi) is 7.31. The van der Waals surface area contributed by atoms with E-state index in [1.807, 2.05) is 30.3 Å². The van der Waals surface area contributed by atoms with Crippen molar-refractivity contribution >= 4 is 49.3 Å². The summed E-state index contributed by atoms with van der Waals surface area (Å²) in [6.07, 6.45) is 3.10. The number of halogens is 1. The summed E-state index contributed by atoms with van der Waals surface area (Å²) in [5.74, 6) is -0.673. The van der Waals surface area contributed by atoms with Gasteiger partial charge in [-0.25, -0.2) is 12.8 Å². The number of anilines is 1. The van der Waals surface area contributed by atoms with E-state index >= 15 is 0 Å². The van der Waals surface area contributed by atoms with Gasteiger partial charge >= 0.3 is 0 Å². The average molecular weight is 603 g/mol. The number of aromatic nitrogens is 1. The minimum Gasteiger partial charge on any atom is -0.455 e. The Labute approximate surface area is 248 Å². The van der Waals surface area contributed by atoms with Crippen LogP contribution in [0, 0.1) is 5.82 Å². The van der Waals surface area contributed by atoms with E-state index in [-0.39, 0.29) is 17.1 Å². The minimum absolute atomic E-state index is 0.0760. The zero-order valence-corrected chi connectivity index (χ0v) is 24.7. The lowest BCUT2D eigenvalue weighted by atomic mass is 9.89. The van der Waals surface area contributed by atoms with E-state index in [0.29, 0.717) is 46.3 Å². The molecule has 0 bridgehead atoms. The average Bonchev–Trinajstić information content (AvgIpc) is 3.61. The first-order valence-corrected chi connectivity index (χ1v) is 15.8. The zero-order valence-electron chi connectivity index (χ0n) is 23.9. The van der Waals surface area contributed by atoms with Gasteiger partial charge in [0.05, 0.1) is 29.2 Å². The number of hydrogen-bond donors (Lipinski definition) is 3. The molecule has 0 aliphatic carbocycles. The Morgan fingerprint density at radius 2 is 1.79 bits per heavy atom. The molecular formula is C32H31FN4O5S. The largest absolute Gasteiger partial charge is 0.455 e. The Morgan fingerprint density at radius 3 is 2.49 bits per heavy atom. The van der Waals surface area contributed by atoms with Crippen molar-refractivity contribution in [2.75, 3.05) is 24.7 Å². The number of nitrogens with zero attached hydrogens (tertiary/aromatic N) is 1. The Hall–Kier alpha value is -4.48. The first-order chi connectivity index (χ1) is 20.5. The molecule has 11 heteroatoms. The summed E-state index contributed by atoms with van der Waals surface area (Å²) in [4.78, 5) is 30.0. The van der Waals surface area contributed by atoms with E-state index in [1.54, 1.807) is 12.1 Å². The van der Waals surface area contributed by atoms with Gasteiger partial charge in [0.15, 0.2) is 5.78 Å². The number of para-hydroxylation sites is 1. The molecule has 43 heavy (non-hydrogen) atoms. The third kappa shape index (κ3) is 5.30. The molecule has 0 radical (unpaired) electrons. The van der Waals surface area contributed by atoms with Crippen molar-refractivity contribution in [3.63, 3.8) is 0 Å². The number of ketones is 1. The summed E-state index contributed by atoms with van der Waals surface area (Å²) in [6.45, 7) is 0. The normalized spacial score (nSPS) is 17.3. The van der Waals surface area contributed by atoms with Gasteiger partial charge in [0.2, 0.25) is 10.0 Å². The van der Waals surface area contributed by atoms with Crippen LogP contribution in [-0.4, -0.2) is 51.5 Å². The molecule has 2 aromatic heterocycles. The molecule has 3 aromatic carbocycles. The van der Waals surface area contributed by atoms with Crippen LogP contribution in [0.5, 0.6) is 0 Å². The van der Waals surface area contributed by atoms with Crippen LogP contribution in [0.4, 0.5) is 10.1 Å². The summed E-state index contributed by atoms with van der Waals surface area (Å²) in [5.41, 5.74) is 3.41. The van der Waals surface area contributed by atoms with Crippen molar-refractivity contribution < 1.29 is 26.8 Å². The number of benzene rings is 3. The highest BCUT2D eigenvalue weighted by Gasteiger charge is 2.33. The molecule has 0 spiro atoms. The predicted octanol–water partition coefficient (Wildman–Crippen LogP) is 5.54. The van der Waals surface area contributed by atoms with Crippen LogP contribution in [0.25, 0.3) is 33.2 Å². The first kappa shape index (κ1) is 28.6. The number of hydrogen-bond acceptors (Lipinski definition) is 6. The molecule has 1 aliphatic heterocycles. The molecule has 6 rings (SSSR count). The second-order valence-corrected chi connectivity index (χ2v) is 12.9. The summed E-state index contributed by atoms with van der Waals surface area (Å²) < 4.78 is 46.5. The highest BCUT2D eigenvalue weighted by Crippen LogP contribution is 2.41. The Bertz CT molecular complexity index is 1950. The van der Waals surface area contributed by atoms with E-state index in [1.165, 1.54) is 42.7 Å². The molecule has 0 saturated carbocycles. The highest BCUT2D eigenvalue weighted by atomic mass is 32.2. The molecule has 5 aromatic rings. The fourth-order valence-corrected chi connectivity index (χ4v) is 6.33. The van der Waals surface area contributed by atoms with Crippen LogP contribution >= 0.6 is 0 Å². The molecule has 1 unspecified atom stereocenters. The van der Waals surface area contributed by atoms with Gasteiger partial charge in [-0.3, -0.25) is 13.9 Å². The van der Waals surface area contributed by atoms with Gasteiger partial charge in [-0.1, -0.05) is 18.2 Å². The number of Topliss-reactive ketones (excluding diaryl/α,β-unsaturated/α-hetero) is 1. The third-order valence-corrected chi connectivity index (χ3v) is 9.30. The van der Waals surface area contributed by atoms with Crippen LogP contribution in [0.2, 0.25) is 0 Å². The monoisotopic (exact) mass is 602 g/mol.